The van der Waals surface area contributed by atoms with E-state index in [0.717, 1.165) is 32.0 Å². The van der Waals surface area contributed by atoms with Gasteiger partial charge < -0.3 is 20.4 Å². The van der Waals surface area contributed by atoms with Crippen LogP contribution in [0.2, 0.25) is 0 Å². The Morgan fingerprint density at radius 3 is 2.62 bits per heavy atom. The second-order valence-electron chi connectivity index (χ2n) is 7.98. The lowest BCUT2D eigenvalue weighted by Crippen LogP contribution is -2.46. The maximum atomic E-state index is 4.43. The van der Waals surface area contributed by atoms with Gasteiger partial charge >= 0.3 is 0 Å². The van der Waals surface area contributed by atoms with Crippen LogP contribution >= 0.6 is 0 Å². The zero-order valence-corrected chi connectivity index (χ0v) is 16.7. The molecule has 0 saturated carbocycles. The first kappa shape index (κ1) is 19.0. The van der Waals surface area contributed by atoms with Crippen molar-refractivity contribution < 1.29 is 0 Å². The molecule has 2 fully saturated rings. The fourth-order valence-electron chi connectivity index (χ4n) is 4.00. The number of likely N-dealkylation sites (tertiary alicyclic amines) is 1. The summed E-state index contributed by atoms with van der Waals surface area (Å²) in [5, 5.41) is 7.14. The number of aryl methyl sites for hydroxylation is 1. The monoisotopic (exact) mass is 357 g/mol. The van der Waals surface area contributed by atoms with Crippen LogP contribution in [-0.2, 0) is 0 Å². The Morgan fingerprint density at radius 1 is 1.19 bits per heavy atom. The minimum absolute atomic E-state index is 0.455. The van der Waals surface area contributed by atoms with E-state index < -0.39 is 0 Å². The van der Waals surface area contributed by atoms with E-state index in [4.69, 9.17) is 0 Å². The SMILES string of the molecule is CN=C(NCC(C)CN1CCCC1)NC1CCN(c2ccc(C)cc2)C1. The molecule has 1 aromatic carbocycles. The quantitative estimate of drug-likeness (QED) is 0.606. The summed E-state index contributed by atoms with van der Waals surface area (Å²) in [6, 6.07) is 9.29. The number of hydrogen-bond donors (Lipinski definition) is 2. The molecule has 0 aliphatic carbocycles. The van der Waals surface area contributed by atoms with E-state index >= 15 is 0 Å². The lowest BCUT2D eigenvalue weighted by atomic mass is 10.1. The van der Waals surface area contributed by atoms with Crippen molar-refractivity contribution in [2.45, 2.75) is 39.2 Å². The number of nitrogens with one attached hydrogen (secondary N) is 2. The third-order valence-electron chi connectivity index (χ3n) is 5.54. The second-order valence-corrected chi connectivity index (χ2v) is 7.98. The summed E-state index contributed by atoms with van der Waals surface area (Å²) < 4.78 is 0. The van der Waals surface area contributed by atoms with Crippen molar-refractivity contribution in [3.8, 4) is 0 Å². The number of nitrogens with zero attached hydrogens (tertiary/aromatic N) is 3. The van der Waals surface area contributed by atoms with Gasteiger partial charge in [0.1, 0.15) is 0 Å². The van der Waals surface area contributed by atoms with E-state index in [2.05, 4.69) is 63.5 Å². The molecule has 1 aromatic rings. The smallest absolute Gasteiger partial charge is 0.191 e. The van der Waals surface area contributed by atoms with Crippen molar-refractivity contribution in [2.75, 3.05) is 51.2 Å². The standard InChI is InChI=1S/C21H35N5/c1-17-6-8-20(9-7-17)26-13-10-19(16-26)24-21(22-3)23-14-18(2)15-25-11-4-5-12-25/h6-9,18-19H,4-5,10-16H2,1-3H3,(H2,22,23,24). The van der Waals surface area contributed by atoms with Crippen molar-refractivity contribution >= 4 is 11.6 Å². The third kappa shape index (κ3) is 5.37. The van der Waals surface area contributed by atoms with Crippen LogP contribution < -0.4 is 15.5 Å². The van der Waals surface area contributed by atoms with E-state index in [1.54, 1.807) is 0 Å². The number of anilines is 1. The highest BCUT2D eigenvalue weighted by Crippen LogP contribution is 2.20. The van der Waals surface area contributed by atoms with Crippen LogP contribution in [-0.4, -0.2) is 63.2 Å². The molecule has 0 amide bonds. The number of hydrogen-bond acceptors (Lipinski definition) is 3. The van der Waals surface area contributed by atoms with Gasteiger partial charge in [-0.2, -0.15) is 0 Å². The first-order valence-electron chi connectivity index (χ1n) is 10.1. The summed E-state index contributed by atoms with van der Waals surface area (Å²) in [5.41, 5.74) is 2.64. The summed E-state index contributed by atoms with van der Waals surface area (Å²) in [4.78, 5) is 9.47. The Bertz CT molecular complexity index is 577. The summed E-state index contributed by atoms with van der Waals surface area (Å²) in [5.74, 6) is 1.58. The average molecular weight is 358 g/mol. The Balaban J connectivity index is 1.41. The van der Waals surface area contributed by atoms with Crippen molar-refractivity contribution in [2.24, 2.45) is 10.9 Å². The molecule has 26 heavy (non-hydrogen) atoms. The van der Waals surface area contributed by atoms with Gasteiger partial charge in [0.2, 0.25) is 0 Å². The predicted octanol–water partition coefficient (Wildman–Crippen LogP) is 2.47. The molecular formula is C21H35N5. The van der Waals surface area contributed by atoms with E-state index in [1.165, 1.54) is 43.7 Å². The van der Waals surface area contributed by atoms with Crippen LogP contribution in [0.1, 0.15) is 31.7 Å². The molecule has 0 aromatic heterocycles. The van der Waals surface area contributed by atoms with Gasteiger partial charge in [0.05, 0.1) is 0 Å². The molecule has 0 spiro atoms. The van der Waals surface area contributed by atoms with Crippen LogP contribution in [0.5, 0.6) is 0 Å². The minimum Gasteiger partial charge on any atom is -0.369 e. The third-order valence-corrected chi connectivity index (χ3v) is 5.54. The molecule has 2 unspecified atom stereocenters. The Morgan fingerprint density at radius 2 is 1.92 bits per heavy atom. The zero-order valence-electron chi connectivity index (χ0n) is 16.7. The molecule has 5 nitrogen and oxygen atoms in total. The highest BCUT2D eigenvalue weighted by Gasteiger charge is 2.23. The van der Waals surface area contributed by atoms with Crippen LogP contribution in [0.3, 0.4) is 0 Å². The Hall–Kier alpha value is -1.75. The second kappa shape index (κ2) is 9.26. The lowest BCUT2D eigenvalue weighted by molar-refractivity contribution is 0.287. The fraction of sp³-hybridized carbons (Fsp3) is 0.667. The van der Waals surface area contributed by atoms with Crippen LogP contribution in [0.25, 0.3) is 0 Å². The normalized spacial score (nSPS) is 22.7. The topological polar surface area (TPSA) is 42.9 Å². The Labute approximate surface area is 158 Å². The summed E-state index contributed by atoms with van der Waals surface area (Å²) in [7, 11) is 1.87. The van der Waals surface area contributed by atoms with Gasteiger partial charge in [-0.1, -0.05) is 24.6 Å². The zero-order chi connectivity index (χ0) is 18.4. The van der Waals surface area contributed by atoms with Gasteiger partial charge in [-0.05, 0) is 57.3 Å². The number of guanidine groups is 1. The maximum absolute atomic E-state index is 4.43. The highest BCUT2D eigenvalue weighted by molar-refractivity contribution is 5.80. The van der Waals surface area contributed by atoms with Crippen LogP contribution in [0.4, 0.5) is 5.69 Å². The molecule has 2 heterocycles. The van der Waals surface area contributed by atoms with E-state index in [0.29, 0.717) is 12.0 Å². The average Bonchev–Trinajstić information content (AvgIpc) is 3.31. The van der Waals surface area contributed by atoms with Crippen molar-refractivity contribution in [1.29, 1.82) is 0 Å². The molecule has 144 valence electrons. The molecule has 0 radical (unpaired) electrons. The highest BCUT2D eigenvalue weighted by atomic mass is 15.2. The molecule has 2 saturated heterocycles. The number of benzene rings is 1. The minimum atomic E-state index is 0.455. The van der Waals surface area contributed by atoms with Gasteiger partial charge in [0.25, 0.3) is 0 Å². The van der Waals surface area contributed by atoms with Gasteiger partial charge in [0, 0.05) is 45.0 Å². The van der Waals surface area contributed by atoms with Crippen LogP contribution in [0, 0.1) is 12.8 Å². The predicted molar refractivity (Wildman–Crippen MR) is 111 cm³/mol. The molecule has 2 aliphatic heterocycles. The summed E-state index contributed by atoms with van der Waals surface area (Å²) in [6.45, 7) is 11.3. The fourth-order valence-corrected chi connectivity index (χ4v) is 4.00. The van der Waals surface area contributed by atoms with Gasteiger partial charge in [-0.15, -0.1) is 0 Å². The van der Waals surface area contributed by atoms with Crippen molar-refractivity contribution in [3.63, 3.8) is 0 Å². The van der Waals surface area contributed by atoms with Crippen molar-refractivity contribution in [3.05, 3.63) is 29.8 Å². The molecule has 5 heteroatoms. The van der Waals surface area contributed by atoms with Crippen molar-refractivity contribution in [1.82, 2.24) is 15.5 Å². The molecule has 2 N–H and O–H groups in total. The van der Waals surface area contributed by atoms with E-state index in [9.17, 15) is 0 Å². The summed E-state index contributed by atoms with van der Waals surface area (Å²) in [6.07, 6.45) is 3.88. The molecule has 0 bridgehead atoms. The first-order chi connectivity index (χ1) is 12.6. The maximum Gasteiger partial charge on any atom is 0.191 e. The molecular weight excluding hydrogens is 322 g/mol. The van der Waals surface area contributed by atoms with E-state index in [1.807, 2.05) is 7.05 Å². The van der Waals surface area contributed by atoms with Gasteiger partial charge in [0.15, 0.2) is 5.96 Å². The number of rotatable bonds is 6. The molecule has 2 atom stereocenters. The van der Waals surface area contributed by atoms with Crippen LogP contribution in [0.15, 0.2) is 29.3 Å². The van der Waals surface area contributed by atoms with Gasteiger partial charge in [-0.25, -0.2) is 0 Å². The number of aliphatic imine (C=N–C) groups is 1. The first-order valence-corrected chi connectivity index (χ1v) is 10.1. The summed E-state index contributed by atoms with van der Waals surface area (Å²) >= 11 is 0. The largest absolute Gasteiger partial charge is 0.369 e. The van der Waals surface area contributed by atoms with Gasteiger partial charge in [-0.3, -0.25) is 4.99 Å². The Kier molecular flexibility index (Phi) is 6.78. The molecule has 3 rings (SSSR count). The molecule has 2 aliphatic rings. The lowest BCUT2D eigenvalue weighted by Gasteiger charge is -2.23. The van der Waals surface area contributed by atoms with E-state index in [-0.39, 0.29) is 0 Å².